The molecule has 0 radical (unpaired) electrons. The van der Waals surface area contributed by atoms with Crippen molar-refractivity contribution in [1.82, 2.24) is 0 Å². The number of unbranched alkanes of at least 4 members (excludes halogenated alkanes) is 1. The zero-order valence-corrected chi connectivity index (χ0v) is 12.7. The minimum absolute atomic E-state index is 0.434. The summed E-state index contributed by atoms with van der Waals surface area (Å²) in [7, 11) is 0. The van der Waals surface area contributed by atoms with E-state index in [2.05, 4.69) is 34.6 Å². The summed E-state index contributed by atoms with van der Waals surface area (Å²) >= 11 is 0. The van der Waals surface area contributed by atoms with Gasteiger partial charge in [0.25, 0.3) is 0 Å². The molecule has 0 heterocycles. The monoisotopic (exact) mass is 248 g/mol. The predicted octanol–water partition coefficient (Wildman–Crippen LogP) is 5.22. The Morgan fingerprint density at radius 1 is 1.06 bits per heavy atom. The molecule has 0 bridgehead atoms. The van der Waals surface area contributed by atoms with Crippen molar-refractivity contribution in [2.24, 2.45) is 5.92 Å². The van der Waals surface area contributed by atoms with Crippen LogP contribution in [0.5, 0.6) is 0 Å². The van der Waals surface area contributed by atoms with Crippen molar-refractivity contribution in [2.45, 2.75) is 73.1 Å². The quantitative estimate of drug-likeness (QED) is 0.626. The number of rotatable bonds is 3. The van der Waals surface area contributed by atoms with Gasteiger partial charge in [-0.1, -0.05) is 30.9 Å². The fourth-order valence-corrected chi connectivity index (χ4v) is 2.86. The van der Waals surface area contributed by atoms with Crippen molar-refractivity contribution in [3.05, 3.63) is 22.3 Å². The van der Waals surface area contributed by atoms with E-state index < -0.39 is 0 Å². The van der Waals surface area contributed by atoms with E-state index in [1.807, 2.05) is 0 Å². The zero-order chi connectivity index (χ0) is 13.7. The van der Waals surface area contributed by atoms with E-state index in [4.69, 9.17) is 0 Å². The molecule has 1 heteroatoms. The van der Waals surface area contributed by atoms with Gasteiger partial charge in [-0.15, -0.1) is 0 Å². The van der Waals surface area contributed by atoms with Gasteiger partial charge in [0.2, 0.25) is 0 Å². The highest BCUT2D eigenvalue weighted by atomic mass is 16.1. The lowest BCUT2D eigenvalue weighted by atomic mass is 9.88. The summed E-state index contributed by atoms with van der Waals surface area (Å²) in [5, 5.41) is 0. The summed E-state index contributed by atoms with van der Waals surface area (Å²) in [5.41, 5.74) is 5.49. The van der Waals surface area contributed by atoms with Crippen LogP contribution in [0.4, 0.5) is 0 Å². The molecule has 1 saturated carbocycles. The first kappa shape index (κ1) is 15.2. The number of hydrogen-bond acceptors (Lipinski definition) is 1. The van der Waals surface area contributed by atoms with Gasteiger partial charge in [0.1, 0.15) is 5.78 Å². The van der Waals surface area contributed by atoms with Crippen LogP contribution in [0.15, 0.2) is 22.3 Å². The summed E-state index contributed by atoms with van der Waals surface area (Å²) in [6.07, 6.45) is 6.23. The molecule has 1 atom stereocenters. The lowest BCUT2D eigenvalue weighted by Crippen LogP contribution is -2.05. The SMILES string of the molecule is CCCC[C@H]1CC(=O)CC(=C(C)C)C(=C(C)C)C1. The number of ketones is 1. The fourth-order valence-electron chi connectivity index (χ4n) is 2.86. The number of hydrogen-bond donors (Lipinski definition) is 0. The number of allylic oxidation sites excluding steroid dienone is 4. The van der Waals surface area contributed by atoms with Crippen molar-refractivity contribution in [2.75, 3.05) is 0 Å². The van der Waals surface area contributed by atoms with Crippen LogP contribution < -0.4 is 0 Å². The third-order valence-electron chi connectivity index (χ3n) is 3.92. The Labute approximate surface area is 112 Å². The van der Waals surface area contributed by atoms with Crippen molar-refractivity contribution in [1.29, 1.82) is 0 Å². The third kappa shape index (κ3) is 4.12. The largest absolute Gasteiger partial charge is 0.299 e. The van der Waals surface area contributed by atoms with E-state index in [9.17, 15) is 4.79 Å². The molecule has 1 aliphatic rings. The standard InChI is InChI=1S/C17H28O/c1-6-7-8-14-9-15(18)11-17(13(4)5)16(10-14)12(2)3/h14H,6-11H2,1-5H3/t14-/m0/s1. The summed E-state index contributed by atoms with van der Waals surface area (Å²) in [6.45, 7) is 10.9. The van der Waals surface area contributed by atoms with Crippen LogP contribution in [-0.2, 0) is 4.79 Å². The highest BCUT2D eigenvalue weighted by Crippen LogP contribution is 2.35. The molecule has 0 spiro atoms. The maximum atomic E-state index is 12.1. The molecule has 0 N–H and O–H groups in total. The molecule has 1 nitrogen and oxygen atoms in total. The Balaban J connectivity index is 3.00. The van der Waals surface area contributed by atoms with Gasteiger partial charge in [-0.2, -0.15) is 0 Å². The molecule has 102 valence electrons. The second kappa shape index (κ2) is 6.92. The van der Waals surface area contributed by atoms with Gasteiger partial charge >= 0.3 is 0 Å². The second-order valence-corrected chi connectivity index (χ2v) is 6.09. The van der Waals surface area contributed by atoms with Crippen molar-refractivity contribution >= 4 is 5.78 Å². The lowest BCUT2D eigenvalue weighted by molar-refractivity contribution is -0.119. The Morgan fingerprint density at radius 2 is 1.67 bits per heavy atom. The predicted molar refractivity (Wildman–Crippen MR) is 78.6 cm³/mol. The Bertz CT molecular complexity index is 363. The normalized spacial score (nSPS) is 20.9. The topological polar surface area (TPSA) is 17.1 Å². The van der Waals surface area contributed by atoms with Crippen molar-refractivity contribution in [3.63, 3.8) is 0 Å². The highest BCUT2D eigenvalue weighted by Gasteiger charge is 2.24. The minimum atomic E-state index is 0.434. The van der Waals surface area contributed by atoms with E-state index in [-0.39, 0.29) is 0 Å². The van der Waals surface area contributed by atoms with Crippen molar-refractivity contribution < 1.29 is 4.79 Å². The molecular weight excluding hydrogens is 220 g/mol. The third-order valence-corrected chi connectivity index (χ3v) is 3.92. The van der Waals surface area contributed by atoms with Crippen LogP contribution >= 0.6 is 0 Å². The molecule has 0 amide bonds. The number of carbonyl (C=O) groups excluding carboxylic acids is 1. The summed E-state index contributed by atoms with van der Waals surface area (Å²) in [6, 6.07) is 0. The lowest BCUT2D eigenvalue weighted by Gasteiger charge is -2.17. The van der Waals surface area contributed by atoms with E-state index >= 15 is 0 Å². The molecule has 18 heavy (non-hydrogen) atoms. The first-order chi connectivity index (χ1) is 8.45. The Hall–Kier alpha value is -0.850. The molecule has 0 unspecified atom stereocenters. The summed E-state index contributed by atoms with van der Waals surface area (Å²) < 4.78 is 0. The maximum absolute atomic E-state index is 12.1. The first-order valence-corrected chi connectivity index (χ1v) is 7.30. The smallest absolute Gasteiger partial charge is 0.137 e. The van der Waals surface area contributed by atoms with E-state index in [0.717, 1.165) is 12.8 Å². The molecule has 0 aromatic rings. The van der Waals surface area contributed by atoms with Crippen LogP contribution in [0.3, 0.4) is 0 Å². The Kier molecular flexibility index (Phi) is 5.84. The maximum Gasteiger partial charge on any atom is 0.137 e. The van der Waals surface area contributed by atoms with Gasteiger partial charge < -0.3 is 0 Å². The molecule has 1 fully saturated rings. The molecule has 1 aliphatic carbocycles. The zero-order valence-electron chi connectivity index (χ0n) is 12.7. The van der Waals surface area contributed by atoms with Crippen molar-refractivity contribution in [3.8, 4) is 0 Å². The van der Waals surface area contributed by atoms with E-state index in [1.165, 1.54) is 41.6 Å². The van der Waals surface area contributed by atoms with E-state index in [0.29, 0.717) is 18.1 Å². The fraction of sp³-hybridized carbons (Fsp3) is 0.706. The average molecular weight is 248 g/mol. The molecule has 0 aromatic heterocycles. The molecule has 0 aliphatic heterocycles. The summed E-state index contributed by atoms with van der Waals surface area (Å²) in [4.78, 5) is 12.1. The van der Waals surface area contributed by atoms with Gasteiger partial charge in [-0.05, 0) is 57.6 Å². The number of carbonyl (C=O) groups is 1. The van der Waals surface area contributed by atoms with Gasteiger partial charge in [-0.3, -0.25) is 4.79 Å². The molecule has 0 aromatic carbocycles. The van der Waals surface area contributed by atoms with Crippen LogP contribution in [0.25, 0.3) is 0 Å². The minimum Gasteiger partial charge on any atom is -0.299 e. The van der Waals surface area contributed by atoms with Gasteiger partial charge in [0.15, 0.2) is 0 Å². The highest BCUT2D eigenvalue weighted by molar-refractivity contribution is 5.83. The van der Waals surface area contributed by atoms with Crippen LogP contribution in [0.1, 0.15) is 73.1 Å². The van der Waals surface area contributed by atoms with Crippen LogP contribution in [0.2, 0.25) is 0 Å². The molecular formula is C17H28O. The van der Waals surface area contributed by atoms with Gasteiger partial charge in [0, 0.05) is 12.8 Å². The summed E-state index contributed by atoms with van der Waals surface area (Å²) in [5.74, 6) is 1.00. The number of Topliss-reactive ketones (excluding diaryl/α,β-unsaturated/α-hetero) is 1. The van der Waals surface area contributed by atoms with E-state index in [1.54, 1.807) is 0 Å². The first-order valence-electron chi connectivity index (χ1n) is 7.30. The average Bonchev–Trinajstić information content (AvgIpc) is 2.45. The molecule has 0 saturated heterocycles. The second-order valence-electron chi connectivity index (χ2n) is 6.09. The van der Waals surface area contributed by atoms with Crippen LogP contribution in [-0.4, -0.2) is 5.78 Å². The molecule has 1 rings (SSSR count). The van der Waals surface area contributed by atoms with Crippen LogP contribution in [0, 0.1) is 5.92 Å². The van der Waals surface area contributed by atoms with Gasteiger partial charge in [0.05, 0.1) is 0 Å². The Morgan fingerprint density at radius 3 is 2.17 bits per heavy atom. The van der Waals surface area contributed by atoms with Gasteiger partial charge in [-0.25, -0.2) is 0 Å².